The number of nitrogens with zero attached hydrogens (tertiary/aromatic N) is 1. The first kappa shape index (κ1) is 13.8. The van der Waals surface area contributed by atoms with E-state index in [9.17, 15) is 9.59 Å². The number of hydrogen-bond acceptors (Lipinski definition) is 4. The van der Waals surface area contributed by atoms with Gasteiger partial charge in [-0.3, -0.25) is 9.59 Å². The average molecular weight is 308 g/mol. The van der Waals surface area contributed by atoms with E-state index in [1.165, 1.54) is 11.8 Å². The molecule has 2 heterocycles. The van der Waals surface area contributed by atoms with E-state index in [0.29, 0.717) is 0 Å². The minimum absolute atomic E-state index is 0.0743. The second-order valence-electron chi connectivity index (χ2n) is 4.99. The summed E-state index contributed by atoms with van der Waals surface area (Å²) < 4.78 is -1.06. The third kappa shape index (κ3) is 2.31. The lowest BCUT2D eigenvalue weighted by atomic mass is 10.1. The van der Waals surface area contributed by atoms with E-state index in [1.807, 2.05) is 40.9 Å². The molecule has 1 aromatic rings. The van der Waals surface area contributed by atoms with Gasteiger partial charge in [-0.25, -0.2) is 0 Å². The van der Waals surface area contributed by atoms with Crippen molar-refractivity contribution in [2.45, 2.75) is 16.6 Å². The maximum atomic E-state index is 12.7. The van der Waals surface area contributed by atoms with Crippen LogP contribution in [-0.2, 0) is 9.59 Å². The second kappa shape index (κ2) is 5.33. The molecule has 0 spiro atoms. The highest BCUT2D eigenvalue weighted by molar-refractivity contribution is 8.02. The molecule has 106 valence electrons. The minimum atomic E-state index is -1.06. The first-order valence-corrected chi connectivity index (χ1v) is 8.55. The van der Waals surface area contributed by atoms with Crippen molar-refractivity contribution in [3.05, 3.63) is 24.3 Å². The third-order valence-electron chi connectivity index (χ3n) is 3.59. The van der Waals surface area contributed by atoms with Gasteiger partial charge in [0, 0.05) is 29.5 Å². The largest absolute Gasteiger partial charge is 0.339 e. The number of rotatable bonds is 1. The van der Waals surface area contributed by atoms with Crippen LogP contribution in [0.5, 0.6) is 0 Å². The van der Waals surface area contributed by atoms with Crippen LogP contribution < -0.4 is 5.32 Å². The van der Waals surface area contributed by atoms with Gasteiger partial charge in [-0.15, -0.1) is 0 Å². The van der Waals surface area contributed by atoms with Gasteiger partial charge in [0.25, 0.3) is 0 Å². The summed E-state index contributed by atoms with van der Waals surface area (Å²) >= 11 is 3.21. The van der Waals surface area contributed by atoms with Crippen molar-refractivity contribution in [1.29, 1.82) is 0 Å². The van der Waals surface area contributed by atoms with E-state index in [-0.39, 0.29) is 11.8 Å². The maximum absolute atomic E-state index is 12.7. The Labute approximate surface area is 126 Å². The van der Waals surface area contributed by atoms with E-state index >= 15 is 0 Å². The summed E-state index contributed by atoms with van der Waals surface area (Å²) in [6, 6.07) is 7.61. The number of thioether (sulfide) groups is 2. The molecule has 2 aliphatic heterocycles. The highest BCUT2D eigenvalue weighted by Crippen LogP contribution is 2.43. The Kier molecular flexibility index (Phi) is 3.69. The predicted molar refractivity (Wildman–Crippen MR) is 83.2 cm³/mol. The highest BCUT2D eigenvalue weighted by Gasteiger charge is 2.47. The van der Waals surface area contributed by atoms with Gasteiger partial charge < -0.3 is 10.2 Å². The van der Waals surface area contributed by atoms with Crippen LogP contribution in [-0.4, -0.2) is 46.1 Å². The van der Waals surface area contributed by atoms with Crippen molar-refractivity contribution in [3.8, 4) is 0 Å². The number of anilines is 1. The highest BCUT2D eigenvalue weighted by atomic mass is 32.2. The maximum Gasteiger partial charge on any atom is 0.250 e. The monoisotopic (exact) mass is 308 g/mol. The van der Waals surface area contributed by atoms with Crippen LogP contribution in [0.4, 0.5) is 5.69 Å². The molecule has 1 aromatic carbocycles. The van der Waals surface area contributed by atoms with Crippen molar-refractivity contribution >= 4 is 41.0 Å². The molecule has 3 rings (SSSR count). The van der Waals surface area contributed by atoms with E-state index in [0.717, 1.165) is 35.2 Å². The van der Waals surface area contributed by atoms with E-state index in [2.05, 4.69) is 5.32 Å². The molecule has 1 saturated heterocycles. The Morgan fingerprint density at radius 3 is 2.75 bits per heavy atom. The zero-order valence-corrected chi connectivity index (χ0v) is 12.9. The quantitative estimate of drug-likeness (QED) is 0.807. The second-order valence-corrected chi connectivity index (χ2v) is 7.68. The molecule has 1 N–H and O–H groups in total. The molecule has 0 aliphatic carbocycles. The molecule has 2 amide bonds. The van der Waals surface area contributed by atoms with Crippen molar-refractivity contribution in [2.75, 3.05) is 29.9 Å². The van der Waals surface area contributed by atoms with Crippen molar-refractivity contribution in [1.82, 2.24) is 4.90 Å². The lowest BCUT2D eigenvalue weighted by Gasteiger charge is -2.37. The topological polar surface area (TPSA) is 49.4 Å². The number of carbonyl (C=O) groups is 2. The summed E-state index contributed by atoms with van der Waals surface area (Å²) in [7, 11) is 0. The van der Waals surface area contributed by atoms with Gasteiger partial charge in [0.1, 0.15) is 0 Å². The molecule has 2 aliphatic rings. The Bertz CT molecular complexity index is 558. The van der Waals surface area contributed by atoms with E-state index < -0.39 is 4.75 Å². The SMILES string of the molecule is C[C@@]1(C(=O)N2CCSCC2)Sc2ccccc2NC1=O. The van der Waals surface area contributed by atoms with Crippen LogP contribution in [0, 0.1) is 0 Å². The predicted octanol–water partition coefficient (Wildman–Crippen LogP) is 2.06. The zero-order valence-electron chi connectivity index (χ0n) is 11.2. The standard InChI is InChI=1S/C14H16N2O2S2/c1-14(13(18)16-6-8-19-9-7-16)12(17)15-10-4-2-3-5-11(10)20-14/h2-5H,6-9H2,1H3,(H,15,17)/t14-/m1/s1. The average Bonchev–Trinajstić information content (AvgIpc) is 2.48. The van der Waals surface area contributed by atoms with Crippen LogP contribution in [0.25, 0.3) is 0 Å². The van der Waals surface area contributed by atoms with E-state index in [4.69, 9.17) is 0 Å². The van der Waals surface area contributed by atoms with Gasteiger partial charge in [0.15, 0.2) is 4.75 Å². The molecule has 0 aromatic heterocycles. The minimum Gasteiger partial charge on any atom is -0.339 e. The first-order chi connectivity index (χ1) is 9.61. The van der Waals surface area contributed by atoms with Gasteiger partial charge >= 0.3 is 0 Å². The molecule has 0 radical (unpaired) electrons. The number of hydrogen-bond donors (Lipinski definition) is 1. The summed E-state index contributed by atoms with van der Waals surface area (Å²) in [5.74, 6) is 1.61. The summed E-state index contributed by atoms with van der Waals surface area (Å²) in [4.78, 5) is 27.9. The molecule has 0 saturated carbocycles. The molecule has 4 nitrogen and oxygen atoms in total. The summed E-state index contributed by atoms with van der Waals surface area (Å²) in [5.41, 5.74) is 0.793. The van der Waals surface area contributed by atoms with Crippen LogP contribution in [0.2, 0.25) is 0 Å². The van der Waals surface area contributed by atoms with Crippen LogP contribution >= 0.6 is 23.5 Å². The Morgan fingerprint density at radius 2 is 2.00 bits per heavy atom. The number of benzene rings is 1. The Balaban J connectivity index is 1.88. The van der Waals surface area contributed by atoms with Gasteiger partial charge in [-0.2, -0.15) is 11.8 Å². The normalized spacial score (nSPS) is 25.9. The van der Waals surface area contributed by atoms with Crippen LogP contribution in [0.1, 0.15) is 6.92 Å². The van der Waals surface area contributed by atoms with Crippen molar-refractivity contribution < 1.29 is 9.59 Å². The molecule has 0 bridgehead atoms. The van der Waals surface area contributed by atoms with Crippen LogP contribution in [0.3, 0.4) is 0 Å². The van der Waals surface area contributed by atoms with Crippen LogP contribution in [0.15, 0.2) is 29.2 Å². The summed E-state index contributed by atoms with van der Waals surface area (Å²) in [6.45, 7) is 3.19. The number of amides is 2. The summed E-state index contributed by atoms with van der Waals surface area (Å²) in [6.07, 6.45) is 0. The fraction of sp³-hybridized carbons (Fsp3) is 0.429. The molecule has 1 atom stereocenters. The molecule has 1 fully saturated rings. The lowest BCUT2D eigenvalue weighted by molar-refractivity contribution is -0.137. The van der Waals surface area contributed by atoms with Gasteiger partial charge in [-0.05, 0) is 19.1 Å². The van der Waals surface area contributed by atoms with Crippen molar-refractivity contribution in [2.24, 2.45) is 0 Å². The number of carbonyl (C=O) groups excluding carboxylic acids is 2. The summed E-state index contributed by atoms with van der Waals surface area (Å²) in [5, 5.41) is 2.86. The van der Waals surface area contributed by atoms with Gasteiger partial charge in [-0.1, -0.05) is 23.9 Å². The molecular formula is C14H16N2O2S2. The van der Waals surface area contributed by atoms with Crippen molar-refractivity contribution in [3.63, 3.8) is 0 Å². The first-order valence-electron chi connectivity index (χ1n) is 6.58. The lowest BCUT2D eigenvalue weighted by Crippen LogP contribution is -2.55. The number of nitrogens with one attached hydrogen (secondary N) is 1. The van der Waals surface area contributed by atoms with E-state index in [1.54, 1.807) is 6.92 Å². The van der Waals surface area contributed by atoms with Gasteiger partial charge in [0.05, 0.1) is 5.69 Å². The number of fused-ring (bicyclic) bond motifs is 1. The Hall–Kier alpha value is -1.14. The fourth-order valence-corrected chi connectivity index (χ4v) is 4.45. The molecular weight excluding hydrogens is 292 g/mol. The molecule has 6 heteroatoms. The smallest absolute Gasteiger partial charge is 0.250 e. The Morgan fingerprint density at radius 1 is 1.30 bits per heavy atom. The zero-order chi connectivity index (χ0) is 14.2. The number of para-hydroxylation sites is 1. The molecule has 20 heavy (non-hydrogen) atoms. The van der Waals surface area contributed by atoms with Gasteiger partial charge in [0.2, 0.25) is 11.8 Å². The molecule has 0 unspecified atom stereocenters. The third-order valence-corrected chi connectivity index (χ3v) is 5.88. The fourth-order valence-electron chi connectivity index (χ4n) is 2.38.